The molecule has 0 aromatic carbocycles. The third-order valence-electron chi connectivity index (χ3n) is 5.65. The topological polar surface area (TPSA) is 87.4 Å². The summed E-state index contributed by atoms with van der Waals surface area (Å²) in [6.45, 7) is 6.93. The van der Waals surface area contributed by atoms with E-state index in [0.717, 1.165) is 22.6 Å². The number of nitrogens with zero attached hydrogens (tertiary/aromatic N) is 4. The van der Waals surface area contributed by atoms with Gasteiger partial charge in [0.05, 0.1) is 17.4 Å². The number of anilines is 3. The first-order chi connectivity index (χ1) is 14.2. The molecule has 0 fully saturated rings. The highest BCUT2D eigenvalue weighted by Crippen LogP contribution is 2.38. The van der Waals surface area contributed by atoms with Crippen molar-refractivity contribution in [2.75, 3.05) is 22.2 Å². The number of pyridine rings is 2. The molecule has 1 aliphatic heterocycles. The van der Waals surface area contributed by atoms with Gasteiger partial charge in [-0.3, -0.25) is 5.32 Å². The van der Waals surface area contributed by atoms with Crippen LogP contribution >= 0.6 is 12.2 Å². The molecule has 3 rings (SSSR count). The van der Waals surface area contributed by atoms with Gasteiger partial charge in [0.1, 0.15) is 11.6 Å². The Bertz CT molecular complexity index is 1070. The third kappa shape index (κ3) is 4.14. The minimum absolute atomic E-state index is 0.0625. The van der Waals surface area contributed by atoms with Crippen LogP contribution in [-0.2, 0) is 12.6 Å². The minimum Gasteiger partial charge on any atom is -0.375 e. The average molecular weight is 453 g/mol. The molecule has 11 heteroatoms. The zero-order valence-corrected chi connectivity index (χ0v) is 18.6. The molecule has 2 aromatic rings. The Balaban J connectivity index is 1.92. The van der Waals surface area contributed by atoms with Gasteiger partial charge in [-0.25, -0.2) is 19.7 Å². The Morgan fingerprint density at radius 2 is 1.90 bits per heavy atom. The molecule has 0 saturated heterocycles. The van der Waals surface area contributed by atoms with Crippen molar-refractivity contribution in [3.05, 3.63) is 40.7 Å². The number of urea groups is 1. The molecule has 0 saturated carbocycles. The van der Waals surface area contributed by atoms with E-state index in [2.05, 4.69) is 34.0 Å². The number of carbonyl (C=O) groups is 1. The SMILES string of the molecule is Cc1c(C(F)(F)F)cnc(N(C(=O)Nc2cc3c(cn2)N(C)C(C)(C)C3)C(N)=S)c1C. The van der Waals surface area contributed by atoms with Crippen LogP contribution in [0.3, 0.4) is 0 Å². The maximum absolute atomic E-state index is 13.2. The van der Waals surface area contributed by atoms with Crippen molar-refractivity contribution in [1.82, 2.24) is 9.97 Å². The van der Waals surface area contributed by atoms with Gasteiger partial charge in [-0.1, -0.05) is 0 Å². The molecular weight excluding hydrogens is 429 g/mol. The monoisotopic (exact) mass is 452 g/mol. The summed E-state index contributed by atoms with van der Waals surface area (Å²) in [6, 6.07) is 0.995. The number of carbonyl (C=O) groups excluding carboxylic acids is 1. The van der Waals surface area contributed by atoms with Crippen LogP contribution in [0, 0.1) is 13.8 Å². The fourth-order valence-corrected chi connectivity index (χ4v) is 3.75. The summed E-state index contributed by atoms with van der Waals surface area (Å²) in [5.41, 5.74) is 6.80. The molecule has 166 valence electrons. The molecule has 3 heterocycles. The fraction of sp³-hybridized carbons (Fsp3) is 0.400. The smallest absolute Gasteiger partial charge is 0.375 e. The Morgan fingerprint density at radius 1 is 1.26 bits per heavy atom. The number of hydrogen-bond donors (Lipinski definition) is 2. The van der Waals surface area contributed by atoms with Gasteiger partial charge in [0.15, 0.2) is 5.11 Å². The Kier molecular flexibility index (Phi) is 5.59. The second-order valence-electron chi connectivity index (χ2n) is 8.09. The van der Waals surface area contributed by atoms with Gasteiger partial charge in [-0.2, -0.15) is 13.2 Å². The number of rotatable bonds is 2. The number of aromatic nitrogens is 2. The summed E-state index contributed by atoms with van der Waals surface area (Å²) in [6.07, 6.45) is -1.47. The summed E-state index contributed by atoms with van der Waals surface area (Å²) in [5.74, 6) is 0.204. The number of hydrogen-bond acceptors (Lipinski definition) is 5. The van der Waals surface area contributed by atoms with E-state index in [-0.39, 0.29) is 33.4 Å². The second-order valence-corrected chi connectivity index (χ2v) is 8.51. The molecule has 1 aliphatic rings. The average Bonchev–Trinajstić information content (AvgIpc) is 2.86. The van der Waals surface area contributed by atoms with E-state index in [1.165, 1.54) is 13.8 Å². The molecule has 2 amide bonds. The van der Waals surface area contributed by atoms with Crippen molar-refractivity contribution in [2.24, 2.45) is 5.73 Å². The van der Waals surface area contributed by atoms with Gasteiger partial charge < -0.3 is 10.6 Å². The molecule has 0 spiro atoms. The predicted molar refractivity (Wildman–Crippen MR) is 117 cm³/mol. The summed E-state index contributed by atoms with van der Waals surface area (Å²) in [7, 11) is 1.97. The number of nitrogens with two attached hydrogens (primary N) is 1. The third-order valence-corrected chi connectivity index (χ3v) is 5.83. The molecule has 2 aromatic heterocycles. The van der Waals surface area contributed by atoms with Crippen molar-refractivity contribution in [3.63, 3.8) is 0 Å². The van der Waals surface area contributed by atoms with Crippen molar-refractivity contribution in [3.8, 4) is 0 Å². The lowest BCUT2D eigenvalue weighted by Gasteiger charge is -2.29. The van der Waals surface area contributed by atoms with Crippen LogP contribution in [0.2, 0.25) is 0 Å². The van der Waals surface area contributed by atoms with E-state index in [1.54, 1.807) is 12.3 Å². The van der Waals surface area contributed by atoms with Gasteiger partial charge in [-0.15, -0.1) is 0 Å². The van der Waals surface area contributed by atoms with Crippen molar-refractivity contribution in [2.45, 2.75) is 45.8 Å². The molecule has 0 bridgehead atoms. The number of amides is 2. The minimum atomic E-state index is -4.56. The standard InChI is InChI=1S/C20H23F3N6OS/c1-10-11(2)16(26-8-13(10)20(21,22)23)29(17(24)31)18(30)27-15-6-12-7-19(3,4)28(5)14(12)9-25-15/h6,8-9H,7H2,1-5H3,(H2,24,31)(H,25,27,30). The van der Waals surface area contributed by atoms with E-state index in [4.69, 9.17) is 18.0 Å². The number of halogens is 3. The van der Waals surface area contributed by atoms with Gasteiger partial charge >= 0.3 is 12.2 Å². The van der Waals surface area contributed by atoms with Gasteiger partial charge in [-0.05, 0) is 69.1 Å². The maximum Gasteiger partial charge on any atom is 0.418 e. The molecule has 31 heavy (non-hydrogen) atoms. The van der Waals surface area contributed by atoms with E-state index in [0.29, 0.717) is 6.20 Å². The van der Waals surface area contributed by atoms with Gasteiger partial charge in [0, 0.05) is 18.8 Å². The van der Waals surface area contributed by atoms with Gasteiger partial charge in [0.25, 0.3) is 0 Å². The largest absolute Gasteiger partial charge is 0.418 e. The summed E-state index contributed by atoms with van der Waals surface area (Å²) >= 11 is 4.98. The first kappa shape index (κ1) is 22.7. The van der Waals surface area contributed by atoms with E-state index in [9.17, 15) is 18.0 Å². The van der Waals surface area contributed by atoms with Crippen molar-refractivity contribution in [1.29, 1.82) is 0 Å². The quantitative estimate of drug-likeness (QED) is 0.666. The molecule has 0 atom stereocenters. The maximum atomic E-state index is 13.2. The van der Waals surface area contributed by atoms with Crippen LogP contribution in [0.5, 0.6) is 0 Å². The lowest BCUT2D eigenvalue weighted by atomic mass is 10.00. The zero-order chi connectivity index (χ0) is 23.3. The van der Waals surface area contributed by atoms with Gasteiger partial charge in [0.2, 0.25) is 0 Å². The van der Waals surface area contributed by atoms with Crippen LogP contribution in [-0.4, -0.2) is 33.7 Å². The molecule has 7 nitrogen and oxygen atoms in total. The highest BCUT2D eigenvalue weighted by Gasteiger charge is 2.36. The van der Waals surface area contributed by atoms with Crippen LogP contribution < -0.4 is 20.9 Å². The van der Waals surface area contributed by atoms with Crippen LogP contribution in [0.4, 0.5) is 35.3 Å². The normalized spacial score (nSPS) is 14.9. The van der Waals surface area contributed by atoms with Crippen LogP contribution in [0.1, 0.15) is 36.1 Å². The summed E-state index contributed by atoms with van der Waals surface area (Å²) in [4.78, 5) is 24.0. The highest BCUT2D eigenvalue weighted by molar-refractivity contribution is 7.80. The second kappa shape index (κ2) is 7.63. The predicted octanol–water partition coefficient (Wildman–Crippen LogP) is 4.17. The van der Waals surface area contributed by atoms with Crippen molar-refractivity contribution >= 4 is 40.7 Å². The number of alkyl halides is 3. The zero-order valence-electron chi connectivity index (χ0n) is 17.8. The van der Waals surface area contributed by atoms with Crippen LogP contribution in [0.15, 0.2) is 18.5 Å². The molecule has 3 N–H and O–H groups in total. The van der Waals surface area contributed by atoms with E-state index in [1.807, 2.05) is 7.05 Å². The lowest BCUT2D eigenvalue weighted by Crippen LogP contribution is -2.44. The first-order valence-corrected chi connectivity index (χ1v) is 9.81. The highest BCUT2D eigenvalue weighted by atomic mass is 32.1. The van der Waals surface area contributed by atoms with Crippen molar-refractivity contribution < 1.29 is 18.0 Å². The van der Waals surface area contributed by atoms with Crippen LogP contribution in [0.25, 0.3) is 0 Å². The number of likely N-dealkylation sites (N-methyl/N-ethyl adjacent to an activating group) is 1. The molecular formula is C20H23F3N6OS. The molecule has 0 radical (unpaired) electrons. The van der Waals surface area contributed by atoms with E-state index >= 15 is 0 Å². The number of nitrogens with one attached hydrogen (secondary N) is 1. The Labute approximate surface area is 183 Å². The Morgan fingerprint density at radius 3 is 2.48 bits per heavy atom. The van der Waals surface area contributed by atoms with E-state index < -0.39 is 17.8 Å². The number of fused-ring (bicyclic) bond motifs is 1. The number of thiocarbonyl (C=S) groups is 1. The Hall–Kier alpha value is -2.95. The molecule has 0 unspecified atom stereocenters. The lowest BCUT2D eigenvalue weighted by molar-refractivity contribution is -0.138. The molecule has 0 aliphatic carbocycles. The fourth-order valence-electron chi connectivity index (χ4n) is 3.58. The first-order valence-electron chi connectivity index (χ1n) is 9.40. The summed E-state index contributed by atoms with van der Waals surface area (Å²) < 4.78 is 39.5. The summed E-state index contributed by atoms with van der Waals surface area (Å²) in [5, 5.41) is 2.26.